The van der Waals surface area contributed by atoms with Gasteiger partial charge in [0.1, 0.15) is 24.9 Å². The summed E-state index contributed by atoms with van der Waals surface area (Å²) in [5, 5.41) is 0. The van der Waals surface area contributed by atoms with E-state index in [1.165, 1.54) is 6.33 Å². The van der Waals surface area contributed by atoms with Crippen molar-refractivity contribution in [2.45, 2.75) is 116 Å². The minimum Gasteiger partial charge on any atom is -0.491 e. The lowest BCUT2D eigenvalue weighted by Gasteiger charge is -2.11. The molecule has 1 unspecified atom stereocenters. The second-order valence-corrected chi connectivity index (χ2v) is 10.8. The number of hydrogen-bond acceptors (Lipinski definition) is 6. The molecule has 1 atom stereocenters. The number of aromatic nitrogens is 4. The molecule has 2 aromatic heterocycles. The van der Waals surface area contributed by atoms with Crippen LogP contribution in [0.5, 0.6) is 11.5 Å². The summed E-state index contributed by atoms with van der Waals surface area (Å²) in [6.07, 6.45) is 15.4. The lowest BCUT2D eigenvalue weighted by Crippen LogP contribution is -2.12. The van der Waals surface area contributed by atoms with Gasteiger partial charge in [0, 0.05) is 24.4 Å². The highest BCUT2D eigenvalue weighted by Gasteiger charge is 2.25. The molecule has 0 fully saturated rings. The normalized spacial score (nSPS) is 11.8. The van der Waals surface area contributed by atoms with Gasteiger partial charge >= 0.3 is 6.18 Å². The summed E-state index contributed by atoms with van der Waals surface area (Å²) in [6.45, 7) is 2.81. The van der Waals surface area contributed by atoms with Crippen LogP contribution in [0.25, 0.3) is 11.4 Å². The highest BCUT2D eigenvalue weighted by molar-refractivity contribution is 5.56. The van der Waals surface area contributed by atoms with Gasteiger partial charge in [0.05, 0.1) is 19.0 Å². The van der Waals surface area contributed by atoms with Gasteiger partial charge in [0.15, 0.2) is 11.6 Å². The number of rotatable bonds is 21. The number of benzene rings is 1. The van der Waals surface area contributed by atoms with Gasteiger partial charge in [-0.25, -0.2) is 24.3 Å². The summed E-state index contributed by atoms with van der Waals surface area (Å²) in [7, 11) is 0. The minimum absolute atomic E-state index is 0.0718. The zero-order chi connectivity index (χ0) is 31.7. The summed E-state index contributed by atoms with van der Waals surface area (Å²) < 4.78 is 61.6. The van der Waals surface area contributed by atoms with E-state index < -0.39 is 18.8 Å². The monoisotopic (exact) mass is 620 g/mol. The van der Waals surface area contributed by atoms with E-state index in [-0.39, 0.29) is 13.0 Å². The van der Waals surface area contributed by atoms with Crippen LogP contribution in [0.3, 0.4) is 0 Å². The first kappa shape index (κ1) is 36.9. The number of hydrogen-bond donors (Lipinski definition) is 0. The van der Waals surface area contributed by atoms with Gasteiger partial charge in [-0.05, 0) is 49.6 Å². The molecule has 0 bridgehead atoms. The van der Waals surface area contributed by atoms with Crippen LogP contribution in [0.15, 0.2) is 61.4 Å². The smallest absolute Gasteiger partial charge is 0.389 e. The van der Waals surface area contributed by atoms with Crippen LogP contribution in [-0.2, 0) is 0 Å². The number of ether oxygens (including phenoxy) is 2. The average Bonchev–Trinajstić information content (AvgIpc) is 3.04. The van der Waals surface area contributed by atoms with Crippen LogP contribution < -0.4 is 9.47 Å². The SMILES string of the molecule is CCCCCCC(F)COc1ccc(-c2ncc(OCCCCCCCCCCCC(F)(F)F)cn2)cc1.c1cncnc1. The van der Waals surface area contributed by atoms with E-state index in [1.807, 2.05) is 12.1 Å². The first-order valence-corrected chi connectivity index (χ1v) is 16.0. The zero-order valence-electron chi connectivity index (χ0n) is 26.0. The predicted octanol–water partition coefficient (Wildman–Crippen LogP) is 10.1. The molecule has 0 amide bonds. The third-order valence-corrected chi connectivity index (χ3v) is 6.89. The fourth-order valence-electron chi connectivity index (χ4n) is 4.41. The Morgan fingerprint density at radius 3 is 1.84 bits per heavy atom. The van der Waals surface area contributed by atoms with E-state index in [4.69, 9.17) is 9.47 Å². The van der Waals surface area contributed by atoms with Gasteiger partial charge < -0.3 is 9.47 Å². The summed E-state index contributed by atoms with van der Waals surface area (Å²) in [5.41, 5.74) is 0.848. The van der Waals surface area contributed by atoms with Crippen LogP contribution >= 0.6 is 0 Å². The van der Waals surface area contributed by atoms with Gasteiger partial charge in [0.2, 0.25) is 0 Å². The second kappa shape index (κ2) is 23.1. The van der Waals surface area contributed by atoms with E-state index in [0.717, 1.165) is 76.2 Å². The molecule has 10 heteroatoms. The first-order valence-electron chi connectivity index (χ1n) is 16.0. The Labute approximate surface area is 260 Å². The van der Waals surface area contributed by atoms with Crippen molar-refractivity contribution >= 4 is 0 Å². The molecule has 2 heterocycles. The molecule has 0 aliphatic heterocycles. The number of halogens is 4. The largest absolute Gasteiger partial charge is 0.491 e. The van der Waals surface area contributed by atoms with Crippen LogP contribution in [0.4, 0.5) is 17.6 Å². The third-order valence-electron chi connectivity index (χ3n) is 6.89. The summed E-state index contributed by atoms with van der Waals surface area (Å²) in [5.74, 6) is 1.84. The van der Waals surface area contributed by atoms with E-state index in [1.54, 1.807) is 43.0 Å². The highest BCUT2D eigenvalue weighted by atomic mass is 19.4. The topological polar surface area (TPSA) is 70.0 Å². The molecule has 3 rings (SSSR count). The van der Waals surface area contributed by atoms with Gasteiger partial charge in [-0.15, -0.1) is 0 Å². The molecule has 0 spiro atoms. The minimum atomic E-state index is -4.02. The van der Waals surface area contributed by atoms with Gasteiger partial charge in [-0.1, -0.05) is 77.6 Å². The number of unbranched alkanes of at least 4 members (excludes halogenated alkanes) is 11. The van der Waals surface area contributed by atoms with Crippen molar-refractivity contribution in [3.63, 3.8) is 0 Å². The Bertz CT molecular complexity index is 1040. The fourth-order valence-corrected chi connectivity index (χ4v) is 4.41. The Hall–Kier alpha value is -3.30. The zero-order valence-corrected chi connectivity index (χ0v) is 26.0. The molecule has 0 saturated heterocycles. The molecule has 3 aromatic rings. The quantitative estimate of drug-likeness (QED) is 0.0872. The van der Waals surface area contributed by atoms with Crippen LogP contribution in [0.2, 0.25) is 0 Å². The van der Waals surface area contributed by atoms with Crippen molar-refractivity contribution in [1.82, 2.24) is 19.9 Å². The molecule has 0 saturated carbocycles. The third kappa shape index (κ3) is 19.1. The first-order chi connectivity index (χ1) is 21.4. The van der Waals surface area contributed by atoms with Crippen LogP contribution in [-0.4, -0.2) is 45.5 Å². The van der Waals surface area contributed by atoms with Crippen molar-refractivity contribution < 1.29 is 27.0 Å². The molecule has 44 heavy (non-hydrogen) atoms. The number of nitrogens with zero attached hydrogens (tertiary/aromatic N) is 4. The van der Waals surface area contributed by atoms with Gasteiger partial charge in [-0.2, -0.15) is 13.2 Å². The average molecular weight is 621 g/mol. The predicted molar refractivity (Wildman–Crippen MR) is 166 cm³/mol. The van der Waals surface area contributed by atoms with E-state index >= 15 is 0 Å². The highest BCUT2D eigenvalue weighted by Crippen LogP contribution is 2.24. The van der Waals surface area contributed by atoms with Crippen molar-refractivity contribution in [3.05, 3.63) is 61.4 Å². The molecular weight excluding hydrogens is 572 g/mol. The Morgan fingerprint density at radius 1 is 0.705 bits per heavy atom. The van der Waals surface area contributed by atoms with Gasteiger partial charge in [0.25, 0.3) is 0 Å². The lowest BCUT2D eigenvalue weighted by molar-refractivity contribution is -0.135. The molecule has 0 N–H and O–H groups in total. The lowest BCUT2D eigenvalue weighted by atomic mass is 10.1. The van der Waals surface area contributed by atoms with Crippen LogP contribution in [0.1, 0.15) is 103 Å². The standard InChI is InChI=1S/C30H44F4N2O2.C4H4N2/c1-2-3-4-12-15-26(31)24-38-27-18-16-25(17-19-27)29-35-22-28(23-36-29)37-21-14-11-9-7-5-6-8-10-13-20-30(32,33)34;1-2-5-4-6-3-1/h16-19,22-23,26H,2-15,20-21,24H2,1H3;1-4H. The van der Waals surface area contributed by atoms with Crippen molar-refractivity contribution in [2.75, 3.05) is 13.2 Å². The Balaban J connectivity index is 0.000000999. The molecule has 0 aliphatic carbocycles. The van der Waals surface area contributed by atoms with E-state index in [0.29, 0.717) is 36.8 Å². The fraction of sp³-hybridized carbons (Fsp3) is 0.588. The number of alkyl halides is 4. The van der Waals surface area contributed by atoms with E-state index in [2.05, 4.69) is 26.9 Å². The molecule has 0 aliphatic rings. The molecule has 1 aromatic carbocycles. The van der Waals surface area contributed by atoms with Crippen molar-refractivity contribution in [1.29, 1.82) is 0 Å². The summed E-state index contributed by atoms with van der Waals surface area (Å²) in [4.78, 5) is 16.1. The summed E-state index contributed by atoms with van der Waals surface area (Å²) >= 11 is 0. The maximum absolute atomic E-state index is 14.0. The van der Waals surface area contributed by atoms with Gasteiger partial charge in [-0.3, -0.25) is 0 Å². The van der Waals surface area contributed by atoms with E-state index in [9.17, 15) is 17.6 Å². The second-order valence-electron chi connectivity index (χ2n) is 10.8. The Kier molecular flexibility index (Phi) is 19.4. The maximum Gasteiger partial charge on any atom is 0.389 e. The molecule has 6 nitrogen and oxygen atoms in total. The molecule has 0 radical (unpaired) electrons. The molecule has 244 valence electrons. The van der Waals surface area contributed by atoms with Crippen molar-refractivity contribution in [2.24, 2.45) is 0 Å². The molecular formula is C34H48F4N4O2. The summed E-state index contributed by atoms with van der Waals surface area (Å²) in [6, 6.07) is 9.12. The maximum atomic E-state index is 14.0. The van der Waals surface area contributed by atoms with Crippen LogP contribution in [0, 0.1) is 0 Å². The Morgan fingerprint density at radius 2 is 1.30 bits per heavy atom. The van der Waals surface area contributed by atoms with Crippen molar-refractivity contribution in [3.8, 4) is 22.9 Å².